The molecule has 1 aliphatic carbocycles. The Morgan fingerprint density at radius 1 is 1.56 bits per heavy atom. The van der Waals surface area contributed by atoms with Gasteiger partial charge in [-0.3, -0.25) is 9.59 Å². The van der Waals surface area contributed by atoms with Crippen molar-refractivity contribution in [2.45, 2.75) is 45.1 Å². The lowest BCUT2D eigenvalue weighted by atomic mass is 9.75. The van der Waals surface area contributed by atoms with Crippen molar-refractivity contribution in [1.82, 2.24) is 5.32 Å². The van der Waals surface area contributed by atoms with Gasteiger partial charge in [0.15, 0.2) is 0 Å². The number of hydrogen-bond acceptors (Lipinski definition) is 4. The highest BCUT2D eigenvalue weighted by molar-refractivity contribution is 7.80. The first-order chi connectivity index (χ1) is 8.43. The van der Waals surface area contributed by atoms with Crippen LogP contribution in [-0.4, -0.2) is 35.8 Å². The summed E-state index contributed by atoms with van der Waals surface area (Å²) in [5.74, 6) is 0.264. The molecule has 1 rings (SSSR count). The number of rotatable bonds is 5. The number of nitrogens with one attached hydrogen (secondary N) is 1. The normalized spacial score (nSPS) is 26.7. The third kappa shape index (κ3) is 8.36. The summed E-state index contributed by atoms with van der Waals surface area (Å²) in [4.78, 5) is 19.9. The summed E-state index contributed by atoms with van der Waals surface area (Å²) in [5, 5.41) is 12.0. The molecule has 1 saturated carbocycles. The highest BCUT2D eigenvalue weighted by atomic mass is 32.1. The molecule has 0 unspecified atom stereocenters. The Labute approximate surface area is 114 Å². The molecule has 0 aromatic heterocycles. The molecule has 0 bridgehead atoms. The van der Waals surface area contributed by atoms with E-state index in [1.54, 1.807) is 0 Å². The first kappa shape index (κ1) is 17.2. The van der Waals surface area contributed by atoms with Crippen LogP contribution in [0.4, 0.5) is 0 Å². The summed E-state index contributed by atoms with van der Waals surface area (Å²) in [5.41, 5.74) is 4.92. The fourth-order valence-electron chi connectivity index (χ4n) is 1.87. The van der Waals surface area contributed by atoms with Crippen LogP contribution in [0.5, 0.6) is 0 Å². The summed E-state index contributed by atoms with van der Waals surface area (Å²) in [6.07, 6.45) is 4.77. The van der Waals surface area contributed by atoms with E-state index >= 15 is 0 Å². The Balaban J connectivity index is 0.000000411. The lowest BCUT2D eigenvalue weighted by Crippen LogP contribution is -2.35. The first-order valence-corrected chi connectivity index (χ1v) is 6.81. The lowest BCUT2D eigenvalue weighted by molar-refractivity contribution is -0.117. The largest absolute Gasteiger partial charge is 0.393 e. The van der Waals surface area contributed by atoms with Crippen LogP contribution in [-0.2, 0) is 9.59 Å². The Morgan fingerprint density at radius 2 is 2.11 bits per heavy atom. The average molecular weight is 276 g/mol. The average Bonchev–Trinajstić information content (AvgIpc) is 2.32. The number of aliphatic hydroxyl groups is 1. The van der Waals surface area contributed by atoms with Gasteiger partial charge in [0.25, 0.3) is 0 Å². The molecule has 5 nitrogen and oxygen atoms in total. The van der Waals surface area contributed by atoms with Crippen molar-refractivity contribution in [3.8, 4) is 0 Å². The van der Waals surface area contributed by atoms with Crippen LogP contribution in [0.25, 0.3) is 0 Å². The van der Waals surface area contributed by atoms with Crippen LogP contribution < -0.4 is 11.1 Å². The minimum Gasteiger partial charge on any atom is -0.393 e. The molecule has 0 atom stereocenters. The van der Waals surface area contributed by atoms with Gasteiger partial charge in [-0.25, -0.2) is 0 Å². The summed E-state index contributed by atoms with van der Waals surface area (Å²) in [6.45, 7) is 2.90. The summed E-state index contributed by atoms with van der Waals surface area (Å²) in [7, 11) is 0. The fraction of sp³-hybridized carbons (Fsp3) is 0.833. The molecule has 106 valence electrons. The number of aliphatic hydroxyl groups excluding tert-OH is 1. The molecule has 1 fully saturated rings. The minimum absolute atomic E-state index is 0.116. The molecular formula is C12H24N2O3S. The second-order valence-electron chi connectivity index (χ2n) is 4.98. The molecule has 0 spiro atoms. The van der Waals surface area contributed by atoms with Crippen molar-refractivity contribution < 1.29 is 14.7 Å². The van der Waals surface area contributed by atoms with E-state index in [1.165, 1.54) is 0 Å². The number of hydrogen-bond donors (Lipinski definition) is 4. The van der Waals surface area contributed by atoms with Gasteiger partial charge >= 0.3 is 0 Å². The zero-order valence-electron chi connectivity index (χ0n) is 10.9. The van der Waals surface area contributed by atoms with Gasteiger partial charge < -0.3 is 16.2 Å². The predicted octanol–water partition coefficient (Wildman–Crippen LogP) is 0.465. The third-order valence-electron chi connectivity index (χ3n) is 3.13. The second kappa shape index (κ2) is 9.22. The maximum Gasteiger partial charge on any atom is 0.218 e. The van der Waals surface area contributed by atoms with Crippen LogP contribution in [0.15, 0.2) is 0 Å². The number of primary amides is 1. The van der Waals surface area contributed by atoms with Crippen molar-refractivity contribution in [1.29, 1.82) is 0 Å². The molecule has 0 aliphatic heterocycles. The molecule has 0 aromatic rings. The molecule has 18 heavy (non-hydrogen) atoms. The Hall–Kier alpha value is -0.750. The van der Waals surface area contributed by atoms with Crippen molar-refractivity contribution >= 4 is 24.9 Å². The monoisotopic (exact) mass is 276 g/mol. The van der Waals surface area contributed by atoms with E-state index in [1.807, 2.05) is 0 Å². The Morgan fingerprint density at radius 3 is 2.44 bits per heavy atom. The minimum atomic E-state index is -0.287. The van der Waals surface area contributed by atoms with Gasteiger partial charge in [-0.05, 0) is 36.9 Å². The highest BCUT2D eigenvalue weighted by Gasteiger charge is 2.29. The quantitative estimate of drug-likeness (QED) is 0.434. The van der Waals surface area contributed by atoms with Crippen LogP contribution in [0.1, 0.15) is 39.0 Å². The highest BCUT2D eigenvalue weighted by Crippen LogP contribution is 2.34. The second-order valence-corrected chi connectivity index (χ2v) is 5.43. The molecule has 0 heterocycles. The van der Waals surface area contributed by atoms with Crippen LogP contribution >= 0.6 is 12.6 Å². The maximum atomic E-state index is 10.1. The number of amides is 2. The fourth-order valence-corrected chi connectivity index (χ4v) is 2.09. The predicted molar refractivity (Wildman–Crippen MR) is 74.3 cm³/mol. The van der Waals surface area contributed by atoms with E-state index in [-0.39, 0.29) is 17.4 Å². The molecule has 0 aromatic carbocycles. The number of nitrogens with two attached hydrogens (primary N) is 1. The smallest absolute Gasteiger partial charge is 0.218 e. The van der Waals surface area contributed by atoms with Gasteiger partial charge in [0, 0.05) is 13.0 Å². The van der Waals surface area contributed by atoms with E-state index in [2.05, 4.69) is 24.9 Å². The number of thiol groups is 1. The topological polar surface area (TPSA) is 92.4 Å². The zero-order valence-corrected chi connectivity index (χ0v) is 11.8. The van der Waals surface area contributed by atoms with Crippen molar-refractivity contribution in [3.05, 3.63) is 0 Å². The van der Waals surface area contributed by atoms with Crippen molar-refractivity contribution in [2.24, 2.45) is 11.1 Å². The summed E-state index contributed by atoms with van der Waals surface area (Å²) in [6, 6.07) is 0. The SMILES string of the molecule is CC1(CNC=O)CCC(O)CC1.NC(=O)CCS. The van der Waals surface area contributed by atoms with E-state index in [0.29, 0.717) is 12.2 Å². The molecular weight excluding hydrogens is 252 g/mol. The standard InChI is InChI=1S/C9H17NO2.C3H7NOS/c1-9(6-10-7-11)4-2-8(12)3-5-9;4-3(5)1-2-6/h7-8,12H,2-6H2,1H3,(H,10,11);6H,1-2H2,(H2,4,5). The Bertz CT molecular complexity index is 254. The van der Waals surface area contributed by atoms with Gasteiger partial charge in [0.1, 0.15) is 0 Å². The third-order valence-corrected chi connectivity index (χ3v) is 3.36. The van der Waals surface area contributed by atoms with E-state index < -0.39 is 0 Å². The van der Waals surface area contributed by atoms with Gasteiger partial charge in [0.2, 0.25) is 12.3 Å². The molecule has 0 radical (unpaired) electrons. The molecule has 1 aliphatic rings. The first-order valence-electron chi connectivity index (χ1n) is 6.18. The maximum absolute atomic E-state index is 10.1. The number of carbonyl (C=O) groups is 2. The molecule has 2 amide bonds. The van der Waals surface area contributed by atoms with Gasteiger partial charge in [0.05, 0.1) is 6.10 Å². The number of carbonyl (C=O) groups excluding carboxylic acids is 2. The Kier molecular flexibility index (Phi) is 8.83. The van der Waals surface area contributed by atoms with E-state index in [4.69, 9.17) is 5.73 Å². The molecule has 6 heteroatoms. The van der Waals surface area contributed by atoms with Crippen LogP contribution in [0.3, 0.4) is 0 Å². The molecule has 0 saturated heterocycles. The van der Waals surface area contributed by atoms with Gasteiger partial charge in [-0.1, -0.05) is 6.92 Å². The van der Waals surface area contributed by atoms with Crippen LogP contribution in [0.2, 0.25) is 0 Å². The summed E-state index contributed by atoms with van der Waals surface area (Å²) >= 11 is 3.76. The van der Waals surface area contributed by atoms with Gasteiger partial charge in [-0.2, -0.15) is 12.6 Å². The van der Waals surface area contributed by atoms with Gasteiger partial charge in [-0.15, -0.1) is 0 Å². The molecule has 4 N–H and O–H groups in total. The van der Waals surface area contributed by atoms with Crippen molar-refractivity contribution in [3.63, 3.8) is 0 Å². The van der Waals surface area contributed by atoms with E-state index in [0.717, 1.165) is 38.6 Å². The summed E-state index contributed by atoms with van der Waals surface area (Å²) < 4.78 is 0. The zero-order chi connectivity index (χ0) is 14.0. The van der Waals surface area contributed by atoms with Crippen LogP contribution in [0, 0.1) is 5.41 Å². The van der Waals surface area contributed by atoms with Crippen molar-refractivity contribution in [2.75, 3.05) is 12.3 Å². The lowest BCUT2D eigenvalue weighted by Gasteiger charge is -2.35. The van der Waals surface area contributed by atoms with E-state index in [9.17, 15) is 14.7 Å².